The van der Waals surface area contributed by atoms with E-state index in [1.807, 2.05) is 13.8 Å². The van der Waals surface area contributed by atoms with Gasteiger partial charge in [0.15, 0.2) is 0 Å². The largest absolute Gasteiger partial charge is 0.444 e. The molecule has 0 radical (unpaired) electrons. The van der Waals surface area contributed by atoms with Crippen LogP contribution in [0.3, 0.4) is 0 Å². The molecule has 0 spiro atoms. The zero-order valence-electron chi connectivity index (χ0n) is 10.8. The minimum Gasteiger partial charge on any atom is -0.444 e. The van der Waals surface area contributed by atoms with Gasteiger partial charge < -0.3 is 9.84 Å². The maximum Gasteiger partial charge on any atom is 0.412 e. The van der Waals surface area contributed by atoms with Gasteiger partial charge in [-0.3, -0.25) is 10.1 Å². The number of rotatable bonds is 2. The van der Waals surface area contributed by atoms with Crippen molar-refractivity contribution in [3.63, 3.8) is 0 Å². The molecule has 6 nitrogen and oxygen atoms in total. The van der Waals surface area contributed by atoms with Crippen LogP contribution in [0.25, 0.3) is 0 Å². The van der Waals surface area contributed by atoms with Crippen LogP contribution in [0.2, 0.25) is 0 Å². The number of hydrogen-bond acceptors (Lipinski definition) is 3. The number of aromatic amines is 1. The van der Waals surface area contributed by atoms with Crippen molar-refractivity contribution >= 4 is 11.8 Å². The number of carbonyl (C=O) groups is 1. The summed E-state index contributed by atoms with van der Waals surface area (Å²) >= 11 is 0. The summed E-state index contributed by atoms with van der Waals surface area (Å²) in [5.41, 5.74) is -0.670. The molecule has 96 valence electrons. The summed E-state index contributed by atoms with van der Waals surface area (Å²) in [6, 6.07) is 0.0108. The van der Waals surface area contributed by atoms with Crippen molar-refractivity contribution < 1.29 is 9.53 Å². The molecule has 0 saturated carbocycles. The van der Waals surface area contributed by atoms with Crippen LogP contribution in [0.4, 0.5) is 10.5 Å². The van der Waals surface area contributed by atoms with Gasteiger partial charge in [0.05, 0.1) is 0 Å². The Morgan fingerprint density at radius 1 is 1.47 bits per heavy atom. The normalized spacial score (nSPS) is 11.6. The Morgan fingerprint density at radius 2 is 2.06 bits per heavy atom. The molecule has 1 aromatic rings. The smallest absolute Gasteiger partial charge is 0.412 e. The Hall–Kier alpha value is -1.72. The summed E-state index contributed by atoms with van der Waals surface area (Å²) in [7, 11) is 0. The Morgan fingerprint density at radius 3 is 2.47 bits per heavy atom. The van der Waals surface area contributed by atoms with E-state index < -0.39 is 11.7 Å². The van der Waals surface area contributed by atoms with Crippen molar-refractivity contribution in [2.45, 2.75) is 46.3 Å². The summed E-state index contributed by atoms with van der Waals surface area (Å²) in [4.78, 5) is 23.2. The lowest BCUT2D eigenvalue weighted by atomic mass is 10.2. The summed E-state index contributed by atoms with van der Waals surface area (Å²) in [5.74, 6) is 0. The molecule has 6 heteroatoms. The van der Waals surface area contributed by atoms with Crippen molar-refractivity contribution in [3.8, 4) is 0 Å². The monoisotopic (exact) mass is 241 g/mol. The van der Waals surface area contributed by atoms with Crippen LogP contribution in [-0.4, -0.2) is 21.5 Å². The Balaban J connectivity index is 2.77. The number of H-pyrrole nitrogens is 1. The number of hydrogen-bond donors (Lipinski definition) is 2. The molecule has 0 aliphatic carbocycles. The van der Waals surface area contributed by atoms with Gasteiger partial charge in [0.25, 0.3) is 5.56 Å². The highest BCUT2D eigenvalue weighted by Crippen LogP contribution is 2.09. The second-order valence-corrected chi connectivity index (χ2v) is 5.08. The number of nitrogens with zero attached hydrogens (tertiary/aromatic N) is 1. The summed E-state index contributed by atoms with van der Waals surface area (Å²) < 4.78 is 6.48. The molecular formula is C11H19N3O3. The quantitative estimate of drug-likeness (QED) is 0.832. The first-order valence-corrected chi connectivity index (χ1v) is 5.50. The van der Waals surface area contributed by atoms with Crippen LogP contribution in [0.15, 0.2) is 11.0 Å². The SMILES string of the molecule is CC(C)n1[nH]cc(NC(=O)OC(C)(C)C)c1=O. The molecule has 17 heavy (non-hydrogen) atoms. The number of amides is 1. The third kappa shape index (κ3) is 3.65. The molecule has 0 saturated heterocycles. The van der Waals surface area contributed by atoms with Crippen LogP contribution < -0.4 is 10.9 Å². The van der Waals surface area contributed by atoms with Gasteiger partial charge in [-0.1, -0.05) is 0 Å². The Kier molecular flexibility index (Phi) is 3.65. The predicted octanol–water partition coefficient (Wildman–Crippen LogP) is 2.10. The van der Waals surface area contributed by atoms with E-state index in [1.54, 1.807) is 20.8 Å². The Labute approximate surface area is 99.9 Å². The molecule has 0 aliphatic rings. The average Bonchev–Trinajstić information content (AvgIpc) is 2.44. The maximum atomic E-state index is 11.8. The van der Waals surface area contributed by atoms with E-state index in [2.05, 4.69) is 10.4 Å². The standard InChI is InChI=1S/C11H19N3O3/c1-7(2)14-9(15)8(6-12-14)13-10(16)17-11(3,4)5/h6-7,12H,1-5H3,(H,13,16). The molecule has 0 bridgehead atoms. The molecule has 1 aromatic heterocycles. The number of carbonyl (C=O) groups excluding carboxylic acids is 1. The van der Waals surface area contributed by atoms with E-state index in [9.17, 15) is 9.59 Å². The van der Waals surface area contributed by atoms with Crippen molar-refractivity contribution in [3.05, 3.63) is 16.6 Å². The van der Waals surface area contributed by atoms with E-state index in [-0.39, 0.29) is 17.3 Å². The van der Waals surface area contributed by atoms with Gasteiger partial charge >= 0.3 is 6.09 Å². The maximum absolute atomic E-state index is 11.8. The molecule has 0 aromatic carbocycles. The van der Waals surface area contributed by atoms with Crippen LogP contribution in [0.5, 0.6) is 0 Å². The second-order valence-electron chi connectivity index (χ2n) is 5.08. The van der Waals surface area contributed by atoms with E-state index in [1.165, 1.54) is 10.9 Å². The van der Waals surface area contributed by atoms with Crippen LogP contribution >= 0.6 is 0 Å². The lowest BCUT2D eigenvalue weighted by Gasteiger charge is -2.19. The number of nitrogens with one attached hydrogen (secondary N) is 2. The van der Waals surface area contributed by atoms with Gasteiger partial charge in [-0.25, -0.2) is 9.48 Å². The van der Waals surface area contributed by atoms with Crippen molar-refractivity contribution in [1.29, 1.82) is 0 Å². The number of anilines is 1. The third-order valence-corrected chi connectivity index (χ3v) is 1.95. The van der Waals surface area contributed by atoms with Crippen molar-refractivity contribution in [2.75, 3.05) is 5.32 Å². The molecule has 2 N–H and O–H groups in total. The third-order valence-electron chi connectivity index (χ3n) is 1.95. The molecule has 0 atom stereocenters. The molecule has 0 unspecified atom stereocenters. The van der Waals surface area contributed by atoms with Gasteiger partial charge in [0, 0.05) is 12.2 Å². The first-order valence-electron chi connectivity index (χ1n) is 5.50. The minimum absolute atomic E-state index is 0.0108. The van der Waals surface area contributed by atoms with Crippen LogP contribution in [-0.2, 0) is 4.74 Å². The van der Waals surface area contributed by atoms with Crippen molar-refractivity contribution in [2.24, 2.45) is 0 Å². The fourth-order valence-electron chi connectivity index (χ4n) is 1.27. The fraction of sp³-hybridized carbons (Fsp3) is 0.636. The molecule has 1 amide bonds. The summed E-state index contributed by atoms with van der Waals surface area (Å²) in [6.07, 6.45) is 0.816. The van der Waals surface area contributed by atoms with Gasteiger partial charge in [-0.15, -0.1) is 0 Å². The summed E-state index contributed by atoms with van der Waals surface area (Å²) in [5, 5.41) is 5.19. The van der Waals surface area contributed by atoms with Crippen molar-refractivity contribution in [1.82, 2.24) is 9.78 Å². The molecule has 0 aliphatic heterocycles. The first kappa shape index (κ1) is 13.3. The topological polar surface area (TPSA) is 76.1 Å². The molecular weight excluding hydrogens is 222 g/mol. The highest BCUT2D eigenvalue weighted by Gasteiger charge is 2.18. The second kappa shape index (κ2) is 4.65. The van der Waals surface area contributed by atoms with E-state index in [0.29, 0.717) is 0 Å². The highest BCUT2D eigenvalue weighted by atomic mass is 16.6. The van der Waals surface area contributed by atoms with Crippen LogP contribution in [0.1, 0.15) is 40.7 Å². The van der Waals surface area contributed by atoms with Gasteiger partial charge in [-0.05, 0) is 34.6 Å². The molecule has 1 heterocycles. The van der Waals surface area contributed by atoms with Gasteiger partial charge in [0.1, 0.15) is 11.3 Å². The van der Waals surface area contributed by atoms with E-state index in [4.69, 9.17) is 4.74 Å². The van der Waals surface area contributed by atoms with E-state index in [0.717, 1.165) is 0 Å². The first-order chi connectivity index (χ1) is 7.70. The predicted molar refractivity (Wildman–Crippen MR) is 65.3 cm³/mol. The summed E-state index contributed by atoms with van der Waals surface area (Å²) in [6.45, 7) is 9.02. The van der Waals surface area contributed by atoms with Crippen LogP contribution in [0, 0.1) is 0 Å². The molecule has 1 rings (SSSR count). The van der Waals surface area contributed by atoms with E-state index >= 15 is 0 Å². The number of ether oxygens (including phenoxy) is 1. The van der Waals surface area contributed by atoms with Gasteiger partial charge in [0.2, 0.25) is 0 Å². The van der Waals surface area contributed by atoms with Gasteiger partial charge in [-0.2, -0.15) is 0 Å². The lowest BCUT2D eigenvalue weighted by molar-refractivity contribution is 0.0635. The Bertz CT molecular complexity index is 451. The zero-order chi connectivity index (χ0) is 13.2. The highest BCUT2D eigenvalue weighted by molar-refractivity contribution is 5.84. The lowest BCUT2D eigenvalue weighted by Crippen LogP contribution is -2.29. The average molecular weight is 241 g/mol. The zero-order valence-corrected chi connectivity index (χ0v) is 10.8. The fourth-order valence-corrected chi connectivity index (χ4v) is 1.27. The minimum atomic E-state index is -0.635. The molecule has 0 fully saturated rings. The number of aromatic nitrogens is 2.